The van der Waals surface area contributed by atoms with Crippen molar-refractivity contribution in [2.75, 3.05) is 13.1 Å². The number of pyridine rings is 4. The highest BCUT2D eigenvalue weighted by Gasteiger charge is 2.39. The van der Waals surface area contributed by atoms with Gasteiger partial charge in [0.2, 0.25) is 0 Å². The van der Waals surface area contributed by atoms with E-state index in [4.69, 9.17) is 15.0 Å². The molecule has 0 saturated heterocycles. The van der Waals surface area contributed by atoms with Gasteiger partial charge in [-0.15, -0.1) is 10.2 Å². The van der Waals surface area contributed by atoms with E-state index in [1.54, 1.807) is 25.2 Å². The van der Waals surface area contributed by atoms with Gasteiger partial charge in [0.1, 0.15) is 24.2 Å². The average molecular weight is 1820 g/mol. The maximum absolute atomic E-state index is 13.8. The van der Waals surface area contributed by atoms with E-state index in [1.807, 2.05) is 95.2 Å². The van der Waals surface area contributed by atoms with Crippen LogP contribution in [-0.4, -0.2) is 131 Å². The van der Waals surface area contributed by atoms with Crippen LogP contribution in [0.4, 0.5) is 0 Å². The second-order valence-corrected chi connectivity index (χ2v) is 38.9. The zero-order valence-corrected chi connectivity index (χ0v) is 78.2. The van der Waals surface area contributed by atoms with Crippen LogP contribution in [0, 0.1) is 18.8 Å². The van der Waals surface area contributed by atoms with Gasteiger partial charge in [-0.25, -0.2) is 15.0 Å². The number of Topliss-reactive ketones (excluding diaryl/α,β-unsaturated/α-hetero) is 2. The lowest BCUT2D eigenvalue weighted by molar-refractivity contribution is -0.123. The summed E-state index contributed by atoms with van der Waals surface area (Å²) in [6.07, 6.45) is 44.3. The van der Waals surface area contributed by atoms with Crippen molar-refractivity contribution in [1.29, 1.82) is 0 Å². The molecule has 0 radical (unpaired) electrons. The lowest BCUT2D eigenvalue weighted by atomic mass is 9.73. The van der Waals surface area contributed by atoms with Crippen molar-refractivity contribution >= 4 is 114 Å². The Morgan fingerprint density at radius 2 is 1.04 bits per heavy atom. The first kappa shape index (κ1) is 85.1. The number of carbonyl (C=O) groups excluding carboxylic acids is 2. The number of hydrogen-bond donors (Lipinski definition) is 4. The van der Waals surface area contributed by atoms with Crippen LogP contribution in [-0.2, 0) is 107 Å². The van der Waals surface area contributed by atoms with E-state index in [-0.39, 0.29) is 29.6 Å². The Kier molecular flexibility index (Phi) is 22.0. The molecule has 684 valence electrons. The van der Waals surface area contributed by atoms with Gasteiger partial charge in [0, 0.05) is 165 Å². The number of nitrogens with one attached hydrogen (secondary N) is 4. The zero-order valence-electron chi connectivity index (χ0n) is 78.2. The SMILES string of the molecule is C1=NCc2ccc(-c3[nH]c4ccc5nccc5c4c4c3CCCC4)cc21.CCN(CC)Cc1cnc2ccc3[nH]c(-c4ccc5c(c4)C=NC5)c4c(c3c12)CCCC4.Cc1cc(CC(=O)C2CCc3c(c(-c4ccc5c(c4)C=NC5)nc4c3C3C=NNC3C=C4)C2)ccc1-n1cnnc1.O=C(Cc1ccc(-n2ccnc2)cc1)C1CCc2c(c(-c3ccc4c(c3)C=NC4)nc3ccc4[nH]ncc4c23)C1. The van der Waals surface area contributed by atoms with Gasteiger partial charge in [-0.05, 0) is 329 Å². The van der Waals surface area contributed by atoms with Crippen molar-refractivity contribution in [3.63, 3.8) is 0 Å². The first-order chi connectivity index (χ1) is 68.5. The van der Waals surface area contributed by atoms with Gasteiger partial charge >= 0.3 is 0 Å². The molecule has 0 fully saturated rings. The number of ketones is 2. The average Bonchev–Trinajstić information content (AvgIpc) is 1.66. The molecular formula is C117H104N20O2. The maximum atomic E-state index is 13.8. The minimum Gasteiger partial charge on any atom is -0.354 e. The fourth-order valence-electron chi connectivity index (χ4n) is 23.6. The van der Waals surface area contributed by atoms with Crippen LogP contribution in [0.2, 0.25) is 0 Å². The summed E-state index contributed by atoms with van der Waals surface area (Å²) in [4.78, 5) is 79.2. The molecule has 0 bridgehead atoms. The van der Waals surface area contributed by atoms with Crippen molar-refractivity contribution in [1.82, 2.24) is 74.7 Å². The highest BCUT2D eigenvalue weighted by atomic mass is 16.1. The monoisotopic (exact) mass is 1820 g/mol. The van der Waals surface area contributed by atoms with E-state index in [2.05, 4.69) is 236 Å². The number of aliphatic imine (C=N–C) groups is 4. The Balaban J connectivity index is 0.0000000993. The molecule has 5 aliphatic heterocycles. The number of hydrogen-bond acceptors (Lipinski definition) is 17. The van der Waals surface area contributed by atoms with E-state index in [9.17, 15) is 9.59 Å². The van der Waals surface area contributed by atoms with E-state index in [1.165, 1.54) is 170 Å². The summed E-state index contributed by atoms with van der Waals surface area (Å²) in [7, 11) is 0. The molecule has 4 atom stereocenters. The summed E-state index contributed by atoms with van der Waals surface area (Å²) in [5.41, 5.74) is 49.2. The van der Waals surface area contributed by atoms with Crippen molar-refractivity contribution in [2.24, 2.45) is 36.9 Å². The third kappa shape index (κ3) is 15.7. The second kappa shape index (κ2) is 35.9. The van der Waals surface area contributed by atoms with E-state index >= 15 is 0 Å². The molecule has 14 heterocycles. The maximum Gasteiger partial charge on any atom is 0.140 e. The molecule has 10 aliphatic rings. The molecule has 139 heavy (non-hydrogen) atoms. The Morgan fingerprint density at radius 3 is 1.67 bits per heavy atom. The summed E-state index contributed by atoms with van der Waals surface area (Å²) in [6, 6.07) is 56.3. The first-order valence-corrected chi connectivity index (χ1v) is 49.5. The van der Waals surface area contributed by atoms with Crippen LogP contribution in [0.5, 0.6) is 0 Å². The minimum atomic E-state index is -0.0432. The summed E-state index contributed by atoms with van der Waals surface area (Å²) in [5.74, 6) is 0.670. The third-order valence-electron chi connectivity index (χ3n) is 30.8. The lowest BCUT2D eigenvalue weighted by Crippen LogP contribution is -2.31. The zero-order chi connectivity index (χ0) is 92.9. The summed E-state index contributed by atoms with van der Waals surface area (Å²) in [5, 5.41) is 27.3. The van der Waals surface area contributed by atoms with Crippen LogP contribution in [0.25, 0.3) is 128 Å². The van der Waals surface area contributed by atoms with Crippen LogP contribution >= 0.6 is 0 Å². The molecule has 28 rings (SSSR count). The van der Waals surface area contributed by atoms with Crippen LogP contribution in [0.1, 0.15) is 181 Å². The number of fused-ring (bicyclic) bond motifs is 24. The van der Waals surface area contributed by atoms with E-state index < -0.39 is 0 Å². The number of rotatable bonds is 16. The second-order valence-electron chi connectivity index (χ2n) is 38.9. The van der Waals surface area contributed by atoms with Gasteiger partial charge in [-0.3, -0.25) is 54.1 Å². The Hall–Kier alpha value is -15.6. The topological polar surface area (TPSA) is 272 Å². The normalized spacial score (nSPS) is 17.2. The number of nitrogens with zero attached hydrogens (tertiary/aromatic N) is 16. The molecule has 22 nitrogen and oxygen atoms in total. The Morgan fingerprint density at radius 1 is 0.475 bits per heavy atom. The molecular weight excluding hydrogens is 1720 g/mol. The summed E-state index contributed by atoms with van der Waals surface area (Å²) < 4.78 is 3.85. The predicted molar refractivity (Wildman–Crippen MR) is 555 cm³/mol. The molecule has 0 spiro atoms. The standard InChI is InChI=1S/C33H29N7O.C33H26N6O.C28H30N4.C23H19N3/c1-19-10-20(2-9-30(19)40-17-36-37-18-40)11-31(41)21-5-6-25-26(13-21)33(22-3-4-23-14-34-15-24(23)12-22)38-29-8-7-28-27(32(25)29)16-35-39-28;40-31(13-20-1-6-25(7-2-20)39-12-11-34-19-39)21-5-8-26-27(15-21)33(22-3-4-23-16-35-17-24(23)14-22)37-30-10-9-29-28(32(26)30)18-36-38-29;1-3-32(4-2)17-21-16-30-24-11-12-25-27(26(21)24)22-7-5-6-8-23(22)28(31-25)18-9-10-19-14-29-15-20(19)13-18;1-2-4-18-17(3-1)22-19-9-10-25-20(19)7-8-21(22)26-23(18)14-5-6-15-12-24-13-16(15)11-14/h2-4,7-10,12,15-18,21,27-28,39H,5-6,11,13-14H2,1H3;1-4,6-7,9-12,14,17-19,21H,5,8,13,15-16H2,(H,36,38);9-13,15-16,31H,3-8,14,17H2,1-2H3;5-11,13,26H,1-4,12H2. The molecule has 4 unspecified atom stereocenters. The Labute approximate surface area is 804 Å². The van der Waals surface area contributed by atoms with Gasteiger partial charge in [-0.2, -0.15) is 10.2 Å². The van der Waals surface area contributed by atoms with Gasteiger partial charge in [0.05, 0.1) is 89.6 Å². The number of imidazole rings is 1. The van der Waals surface area contributed by atoms with Crippen LogP contribution in [0.3, 0.4) is 0 Å². The van der Waals surface area contributed by atoms with Gasteiger partial charge < -0.3 is 20.0 Å². The van der Waals surface area contributed by atoms with Crippen molar-refractivity contribution in [2.45, 2.75) is 168 Å². The van der Waals surface area contributed by atoms with E-state index in [0.29, 0.717) is 31.5 Å². The molecule has 9 aromatic carbocycles. The lowest BCUT2D eigenvalue weighted by Gasteiger charge is -2.32. The molecule has 5 aliphatic carbocycles. The first-order valence-electron chi connectivity index (χ1n) is 49.5. The van der Waals surface area contributed by atoms with Crippen LogP contribution < -0.4 is 5.43 Å². The number of aromatic amines is 3. The highest BCUT2D eigenvalue weighted by Crippen LogP contribution is 2.48. The van der Waals surface area contributed by atoms with Gasteiger partial charge in [-0.1, -0.05) is 92.7 Å². The van der Waals surface area contributed by atoms with Crippen molar-refractivity contribution in [3.05, 3.63) is 336 Å². The van der Waals surface area contributed by atoms with Gasteiger partial charge in [0.25, 0.3) is 0 Å². The Bertz CT molecular complexity index is 8220. The molecule has 4 N–H and O–H groups in total. The fourth-order valence-corrected chi connectivity index (χ4v) is 23.6. The smallest absolute Gasteiger partial charge is 0.140 e. The van der Waals surface area contributed by atoms with Gasteiger partial charge in [0.15, 0.2) is 0 Å². The number of H-pyrrole nitrogens is 3. The third-order valence-corrected chi connectivity index (χ3v) is 30.8. The summed E-state index contributed by atoms with van der Waals surface area (Å²) >= 11 is 0. The fraction of sp³-hybridized carbons (Fsp3) is 0.256. The summed E-state index contributed by atoms with van der Waals surface area (Å²) in [6.45, 7) is 12.7. The molecule has 9 aromatic heterocycles. The number of benzene rings is 9. The molecule has 22 heteroatoms. The van der Waals surface area contributed by atoms with E-state index in [0.717, 1.165) is 197 Å². The molecule has 0 amide bonds. The van der Waals surface area contributed by atoms with Crippen molar-refractivity contribution in [3.8, 4) is 56.4 Å². The van der Waals surface area contributed by atoms with Crippen LogP contribution in [0.15, 0.2) is 239 Å². The largest absolute Gasteiger partial charge is 0.354 e. The molecule has 0 saturated carbocycles. The molecule has 18 aromatic rings. The number of aromatic nitrogens is 13. The number of aryl methyl sites for hydroxylation is 4. The predicted octanol–water partition coefficient (Wildman–Crippen LogP) is 21.6. The highest BCUT2D eigenvalue weighted by molar-refractivity contribution is 6.12. The minimum absolute atomic E-state index is 0.0415. The number of hydrazone groups is 1. The van der Waals surface area contributed by atoms with Crippen molar-refractivity contribution < 1.29 is 9.59 Å². The quantitative estimate of drug-likeness (QED) is 0.0703. The number of carbonyl (C=O) groups is 2.